The van der Waals surface area contributed by atoms with E-state index in [-0.39, 0.29) is 6.04 Å². The molecule has 104 valence electrons. The molecule has 0 saturated carbocycles. The molecule has 0 aliphatic heterocycles. The van der Waals surface area contributed by atoms with Gasteiger partial charge in [-0.05, 0) is 30.7 Å². The maximum absolute atomic E-state index is 6.22. The highest BCUT2D eigenvalue weighted by molar-refractivity contribution is 6.31. The number of halogens is 1. The fourth-order valence-electron chi connectivity index (χ4n) is 1.93. The van der Waals surface area contributed by atoms with Crippen LogP contribution < -0.4 is 5.73 Å². The van der Waals surface area contributed by atoms with Crippen LogP contribution in [0.5, 0.6) is 0 Å². The van der Waals surface area contributed by atoms with E-state index in [1.807, 2.05) is 66.5 Å². The maximum Gasteiger partial charge on any atom is 0.196 e. The largest absolute Gasteiger partial charge is 0.369 e. The van der Waals surface area contributed by atoms with Crippen LogP contribution in [0.15, 0.2) is 59.6 Å². The quantitative estimate of drug-likeness (QED) is 0.685. The Balaban J connectivity index is 2.21. The highest BCUT2D eigenvalue weighted by atomic mass is 35.5. The summed E-state index contributed by atoms with van der Waals surface area (Å²) in [6, 6.07) is 17.5. The first-order valence-electron chi connectivity index (χ1n) is 6.46. The standard InChI is InChI=1S/C16H18ClN3/c1-12(14-10-6-7-11-15(14)17)20(2)16(18)19-13-8-4-3-5-9-13/h3-12H,1-2H3,(H2,18,19). The average molecular weight is 288 g/mol. The Labute approximate surface area is 124 Å². The van der Waals surface area contributed by atoms with Crippen LogP contribution in [-0.2, 0) is 0 Å². The molecule has 1 atom stereocenters. The predicted octanol–water partition coefficient (Wildman–Crippen LogP) is 3.98. The Hall–Kier alpha value is -2.00. The van der Waals surface area contributed by atoms with Gasteiger partial charge in [0.25, 0.3) is 0 Å². The zero-order chi connectivity index (χ0) is 14.5. The van der Waals surface area contributed by atoms with E-state index in [1.165, 1.54) is 0 Å². The van der Waals surface area contributed by atoms with Crippen LogP contribution in [0.4, 0.5) is 5.69 Å². The van der Waals surface area contributed by atoms with Crippen LogP contribution in [0.1, 0.15) is 18.5 Å². The normalized spacial score (nSPS) is 13.1. The molecule has 0 radical (unpaired) electrons. The van der Waals surface area contributed by atoms with Crippen molar-refractivity contribution in [3.63, 3.8) is 0 Å². The van der Waals surface area contributed by atoms with Gasteiger partial charge in [-0.25, -0.2) is 4.99 Å². The predicted molar refractivity (Wildman–Crippen MR) is 85.4 cm³/mol. The summed E-state index contributed by atoms with van der Waals surface area (Å²) in [4.78, 5) is 6.32. The van der Waals surface area contributed by atoms with Gasteiger partial charge < -0.3 is 10.6 Å². The number of benzene rings is 2. The summed E-state index contributed by atoms with van der Waals surface area (Å²) < 4.78 is 0. The van der Waals surface area contributed by atoms with Gasteiger partial charge in [-0.3, -0.25) is 0 Å². The number of hydrogen-bond donors (Lipinski definition) is 1. The molecule has 0 aliphatic rings. The monoisotopic (exact) mass is 287 g/mol. The average Bonchev–Trinajstić information content (AvgIpc) is 2.47. The zero-order valence-electron chi connectivity index (χ0n) is 11.6. The van der Waals surface area contributed by atoms with Crippen molar-refractivity contribution < 1.29 is 0 Å². The summed E-state index contributed by atoms with van der Waals surface area (Å²) in [7, 11) is 1.91. The number of guanidine groups is 1. The molecule has 0 heterocycles. The molecule has 0 amide bonds. The van der Waals surface area contributed by atoms with Crippen LogP contribution in [0.2, 0.25) is 5.02 Å². The van der Waals surface area contributed by atoms with Crippen molar-refractivity contribution in [2.75, 3.05) is 7.05 Å². The summed E-state index contributed by atoms with van der Waals surface area (Å²) in [5.41, 5.74) is 7.94. The second kappa shape index (κ2) is 6.44. The molecule has 1 unspecified atom stereocenters. The number of hydrogen-bond acceptors (Lipinski definition) is 1. The van der Waals surface area contributed by atoms with Gasteiger partial charge in [-0.15, -0.1) is 0 Å². The smallest absolute Gasteiger partial charge is 0.196 e. The van der Waals surface area contributed by atoms with Crippen molar-refractivity contribution in [1.82, 2.24) is 4.90 Å². The molecule has 0 spiro atoms. The fourth-order valence-corrected chi connectivity index (χ4v) is 2.23. The Morgan fingerprint density at radius 1 is 1.10 bits per heavy atom. The van der Waals surface area contributed by atoms with E-state index in [9.17, 15) is 0 Å². The minimum absolute atomic E-state index is 0.0520. The van der Waals surface area contributed by atoms with Crippen molar-refractivity contribution >= 4 is 23.2 Å². The number of aliphatic imine (C=N–C) groups is 1. The first-order chi connectivity index (χ1) is 9.59. The van der Waals surface area contributed by atoms with Crippen molar-refractivity contribution in [3.8, 4) is 0 Å². The highest BCUT2D eigenvalue weighted by Gasteiger charge is 2.15. The lowest BCUT2D eigenvalue weighted by atomic mass is 10.1. The zero-order valence-corrected chi connectivity index (χ0v) is 12.4. The molecule has 2 rings (SSSR count). The second-order valence-corrected chi connectivity index (χ2v) is 5.02. The van der Waals surface area contributed by atoms with E-state index < -0.39 is 0 Å². The van der Waals surface area contributed by atoms with Crippen molar-refractivity contribution in [2.24, 2.45) is 10.7 Å². The van der Waals surface area contributed by atoms with Crippen LogP contribution in [0.3, 0.4) is 0 Å². The number of para-hydroxylation sites is 1. The van der Waals surface area contributed by atoms with E-state index in [2.05, 4.69) is 11.9 Å². The second-order valence-electron chi connectivity index (χ2n) is 4.61. The van der Waals surface area contributed by atoms with Crippen LogP contribution >= 0.6 is 11.6 Å². The fraction of sp³-hybridized carbons (Fsp3) is 0.188. The Bertz CT molecular complexity index is 596. The van der Waals surface area contributed by atoms with Gasteiger partial charge in [-0.1, -0.05) is 48.0 Å². The van der Waals surface area contributed by atoms with E-state index in [1.54, 1.807) is 0 Å². The molecular weight excluding hydrogens is 270 g/mol. The summed E-state index contributed by atoms with van der Waals surface area (Å²) >= 11 is 6.22. The molecule has 2 N–H and O–H groups in total. The maximum atomic E-state index is 6.22. The molecular formula is C16H18ClN3. The number of nitrogens with zero attached hydrogens (tertiary/aromatic N) is 2. The van der Waals surface area contributed by atoms with Gasteiger partial charge in [0, 0.05) is 12.1 Å². The Morgan fingerprint density at radius 2 is 1.70 bits per heavy atom. The van der Waals surface area contributed by atoms with Crippen LogP contribution in [0, 0.1) is 0 Å². The number of nitrogens with two attached hydrogens (primary N) is 1. The minimum Gasteiger partial charge on any atom is -0.369 e. The third kappa shape index (κ3) is 3.31. The molecule has 0 aromatic heterocycles. The number of rotatable bonds is 3. The summed E-state index contributed by atoms with van der Waals surface area (Å²) in [6.07, 6.45) is 0. The molecule has 4 heteroatoms. The van der Waals surface area contributed by atoms with Gasteiger partial charge in [0.2, 0.25) is 0 Å². The van der Waals surface area contributed by atoms with E-state index >= 15 is 0 Å². The van der Waals surface area contributed by atoms with Gasteiger partial charge in [-0.2, -0.15) is 0 Å². The molecule has 20 heavy (non-hydrogen) atoms. The lowest BCUT2D eigenvalue weighted by molar-refractivity contribution is 0.398. The van der Waals surface area contributed by atoms with Gasteiger partial charge >= 0.3 is 0 Å². The lowest BCUT2D eigenvalue weighted by Crippen LogP contribution is -2.35. The third-order valence-corrected chi connectivity index (χ3v) is 3.64. The van der Waals surface area contributed by atoms with Crippen molar-refractivity contribution in [2.45, 2.75) is 13.0 Å². The SMILES string of the molecule is CC(c1ccccc1Cl)N(C)C(N)=Nc1ccccc1. The van der Waals surface area contributed by atoms with Crippen molar-refractivity contribution in [1.29, 1.82) is 0 Å². The molecule has 0 fully saturated rings. The first-order valence-corrected chi connectivity index (χ1v) is 6.84. The van der Waals surface area contributed by atoms with Crippen LogP contribution in [0.25, 0.3) is 0 Å². The Kier molecular flexibility index (Phi) is 4.64. The van der Waals surface area contributed by atoms with E-state index in [4.69, 9.17) is 17.3 Å². The first kappa shape index (κ1) is 14.4. The van der Waals surface area contributed by atoms with Crippen molar-refractivity contribution in [3.05, 3.63) is 65.2 Å². The molecule has 2 aromatic carbocycles. The van der Waals surface area contributed by atoms with E-state index in [0.29, 0.717) is 5.96 Å². The van der Waals surface area contributed by atoms with Gasteiger partial charge in [0.05, 0.1) is 11.7 Å². The molecule has 2 aromatic rings. The van der Waals surface area contributed by atoms with E-state index in [0.717, 1.165) is 16.3 Å². The molecule has 0 saturated heterocycles. The third-order valence-electron chi connectivity index (χ3n) is 3.30. The summed E-state index contributed by atoms with van der Waals surface area (Å²) in [5, 5.41) is 0.736. The Morgan fingerprint density at radius 3 is 2.35 bits per heavy atom. The summed E-state index contributed by atoms with van der Waals surface area (Å²) in [5.74, 6) is 0.462. The minimum atomic E-state index is 0.0520. The highest BCUT2D eigenvalue weighted by Crippen LogP contribution is 2.26. The molecule has 0 aliphatic carbocycles. The lowest BCUT2D eigenvalue weighted by Gasteiger charge is -2.26. The summed E-state index contributed by atoms with van der Waals surface area (Å²) in [6.45, 7) is 2.05. The topological polar surface area (TPSA) is 41.6 Å². The molecule has 3 nitrogen and oxygen atoms in total. The molecule has 0 bridgehead atoms. The van der Waals surface area contributed by atoms with Crippen LogP contribution in [-0.4, -0.2) is 17.9 Å². The van der Waals surface area contributed by atoms with Gasteiger partial charge in [0.15, 0.2) is 5.96 Å². The van der Waals surface area contributed by atoms with Gasteiger partial charge in [0.1, 0.15) is 0 Å².